The van der Waals surface area contributed by atoms with E-state index in [2.05, 4.69) is 5.32 Å². The quantitative estimate of drug-likeness (QED) is 0.225. The molecular weight excluding hydrogens is 605 g/mol. The Morgan fingerprint density at radius 2 is 1.61 bits per heavy atom. The van der Waals surface area contributed by atoms with E-state index in [0.717, 1.165) is 15.4 Å². The minimum absolute atomic E-state index is 0.0271. The van der Waals surface area contributed by atoms with Gasteiger partial charge in [-0.15, -0.1) is 0 Å². The standard InChI is InChI=1S/C33H33ClFN3O5S/c1-23-13-16-27(17-14-23)44(41,42)38(29-20-26(34)15-18-31(29)43-3)22-32(39)37(21-25-11-7-8-12-28(25)35)30(33(40)36-2)19-24-9-5-4-6-10-24/h4-18,20,30H,19,21-22H2,1-3H3,(H,36,40)/t30-/m0/s1. The molecule has 11 heteroatoms. The lowest BCUT2D eigenvalue weighted by molar-refractivity contribution is -0.139. The number of hydrogen-bond acceptors (Lipinski definition) is 5. The van der Waals surface area contributed by atoms with E-state index in [1.54, 1.807) is 30.3 Å². The van der Waals surface area contributed by atoms with E-state index in [0.29, 0.717) is 0 Å². The zero-order chi connectivity index (χ0) is 31.9. The molecule has 0 spiro atoms. The van der Waals surface area contributed by atoms with Gasteiger partial charge in [-0.3, -0.25) is 13.9 Å². The van der Waals surface area contributed by atoms with E-state index >= 15 is 0 Å². The van der Waals surface area contributed by atoms with Gasteiger partial charge in [0.05, 0.1) is 17.7 Å². The van der Waals surface area contributed by atoms with Crippen molar-refractivity contribution in [3.8, 4) is 5.75 Å². The maximum absolute atomic E-state index is 14.9. The highest BCUT2D eigenvalue weighted by molar-refractivity contribution is 7.92. The van der Waals surface area contributed by atoms with Gasteiger partial charge < -0.3 is 15.0 Å². The molecule has 4 aromatic rings. The van der Waals surface area contributed by atoms with Gasteiger partial charge in [0.25, 0.3) is 10.0 Å². The number of ether oxygens (including phenoxy) is 1. The third-order valence-corrected chi connectivity index (χ3v) is 9.12. The number of rotatable bonds is 12. The van der Waals surface area contributed by atoms with Crippen molar-refractivity contribution < 1.29 is 27.1 Å². The van der Waals surface area contributed by atoms with Crippen molar-refractivity contribution in [1.29, 1.82) is 0 Å². The van der Waals surface area contributed by atoms with Crippen molar-refractivity contribution in [2.75, 3.05) is 25.0 Å². The van der Waals surface area contributed by atoms with Crippen molar-refractivity contribution >= 4 is 39.1 Å². The fourth-order valence-corrected chi connectivity index (χ4v) is 6.32. The summed E-state index contributed by atoms with van der Waals surface area (Å²) in [6.45, 7) is 0.801. The first-order valence-electron chi connectivity index (χ1n) is 13.8. The summed E-state index contributed by atoms with van der Waals surface area (Å²) in [5.41, 5.74) is 1.79. The minimum Gasteiger partial charge on any atom is -0.495 e. The molecule has 44 heavy (non-hydrogen) atoms. The summed E-state index contributed by atoms with van der Waals surface area (Å²) in [5, 5.41) is 2.81. The monoisotopic (exact) mass is 637 g/mol. The fraction of sp³-hybridized carbons (Fsp3) is 0.212. The molecular formula is C33H33ClFN3O5S. The van der Waals surface area contributed by atoms with E-state index in [9.17, 15) is 22.4 Å². The summed E-state index contributed by atoms with van der Waals surface area (Å²) in [5.74, 6) is -1.64. The summed E-state index contributed by atoms with van der Waals surface area (Å²) in [6, 6.07) is 24.5. The molecule has 0 radical (unpaired) electrons. The molecule has 0 fully saturated rings. The molecule has 1 atom stereocenters. The van der Waals surface area contributed by atoms with Crippen LogP contribution in [0.25, 0.3) is 0 Å². The van der Waals surface area contributed by atoms with Crippen LogP contribution in [0.5, 0.6) is 5.75 Å². The van der Waals surface area contributed by atoms with Crippen molar-refractivity contribution in [3.63, 3.8) is 0 Å². The highest BCUT2D eigenvalue weighted by Crippen LogP contribution is 2.35. The molecule has 0 saturated heterocycles. The van der Waals surface area contributed by atoms with Gasteiger partial charge in [-0.2, -0.15) is 0 Å². The van der Waals surface area contributed by atoms with Gasteiger partial charge >= 0.3 is 0 Å². The Labute approximate surface area is 262 Å². The Balaban J connectivity index is 1.85. The predicted octanol–water partition coefficient (Wildman–Crippen LogP) is 5.38. The molecule has 0 saturated carbocycles. The van der Waals surface area contributed by atoms with Gasteiger partial charge in [-0.1, -0.05) is 77.8 Å². The second kappa shape index (κ2) is 14.4. The van der Waals surface area contributed by atoms with Crippen molar-refractivity contribution in [3.05, 3.63) is 125 Å². The van der Waals surface area contributed by atoms with E-state index in [-0.39, 0.29) is 39.9 Å². The van der Waals surface area contributed by atoms with E-state index in [4.69, 9.17) is 16.3 Å². The summed E-state index contributed by atoms with van der Waals surface area (Å²) in [4.78, 5) is 28.8. The predicted molar refractivity (Wildman–Crippen MR) is 169 cm³/mol. The number of sulfonamides is 1. The van der Waals surface area contributed by atoms with E-state index < -0.39 is 40.2 Å². The lowest BCUT2D eigenvalue weighted by Gasteiger charge is -2.34. The van der Waals surface area contributed by atoms with Gasteiger partial charge in [-0.25, -0.2) is 12.8 Å². The first-order valence-corrected chi connectivity index (χ1v) is 15.6. The summed E-state index contributed by atoms with van der Waals surface area (Å²) in [7, 11) is -1.55. The van der Waals surface area contributed by atoms with Gasteiger partial charge in [0, 0.05) is 30.6 Å². The number of aryl methyl sites for hydroxylation is 1. The number of methoxy groups -OCH3 is 1. The Bertz CT molecular complexity index is 1720. The largest absolute Gasteiger partial charge is 0.495 e. The van der Waals surface area contributed by atoms with Crippen LogP contribution in [0.2, 0.25) is 5.02 Å². The van der Waals surface area contributed by atoms with Crippen LogP contribution < -0.4 is 14.4 Å². The number of amides is 2. The smallest absolute Gasteiger partial charge is 0.264 e. The molecule has 4 aromatic carbocycles. The van der Waals surface area contributed by atoms with Crippen LogP contribution in [0, 0.1) is 12.7 Å². The van der Waals surface area contributed by atoms with Crippen LogP contribution >= 0.6 is 11.6 Å². The molecule has 0 aromatic heterocycles. The number of hydrogen-bond donors (Lipinski definition) is 1. The van der Waals surface area contributed by atoms with Crippen LogP contribution in [0.4, 0.5) is 10.1 Å². The topological polar surface area (TPSA) is 96.0 Å². The van der Waals surface area contributed by atoms with E-state index in [1.807, 2.05) is 25.1 Å². The Morgan fingerprint density at radius 3 is 2.25 bits per heavy atom. The molecule has 0 aliphatic heterocycles. The Morgan fingerprint density at radius 1 is 0.955 bits per heavy atom. The van der Waals surface area contributed by atoms with Crippen LogP contribution in [0.1, 0.15) is 16.7 Å². The SMILES string of the molecule is CNC(=O)[C@H](Cc1ccccc1)N(Cc1ccccc1F)C(=O)CN(c1cc(Cl)ccc1OC)S(=O)(=O)c1ccc(C)cc1. The van der Waals surface area contributed by atoms with Gasteiger partial charge in [0.15, 0.2) is 0 Å². The first-order chi connectivity index (χ1) is 21.0. The number of carbonyl (C=O) groups excluding carboxylic acids is 2. The molecule has 1 N–H and O–H groups in total. The second-order valence-electron chi connectivity index (χ2n) is 10.1. The maximum Gasteiger partial charge on any atom is 0.264 e. The molecule has 0 unspecified atom stereocenters. The molecule has 4 rings (SSSR count). The second-order valence-corrected chi connectivity index (χ2v) is 12.4. The minimum atomic E-state index is -4.37. The van der Waals surface area contributed by atoms with Crippen molar-refractivity contribution in [1.82, 2.24) is 10.2 Å². The number of halogens is 2. The maximum atomic E-state index is 14.9. The molecule has 0 aliphatic carbocycles. The fourth-order valence-electron chi connectivity index (χ4n) is 4.74. The zero-order valence-electron chi connectivity index (χ0n) is 24.5. The lowest BCUT2D eigenvalue weighted by atomic mass is 10.0. The van der Waals surface area contributed by atoms with Crippen LogP contribution in [-0.2, 0) is 32.6 Å². The lowest BCUT2D eigenvalue weighted by Crippen LogP contribution is -2.53. The molecule has 2 amide bonds. The highest BCUT2D eigenvalue weighted by Gasteiger charge is 2.35. The molecule has 230 valence electrons. The Hall–Kier alpha value is -4.41. The number of carbonyl (C=O) groups is 2. The third kappa shape index (κ3) is 7.56. The number of likely N-dealkylation sites (N-methyl/N-ethyl adjacent to an activating group) is 1. The Kier molecular flexibility index (Phi) is 10.6. The van der Waals surface area contributed by atoms with Crippen LogP contribution in [0.3, 0.4) is 0 Å². The molecule has 0 bridgehead atoms. The van der Waals surface area contributed by atoms with Crippen molar-refractivity contribution in [2.24, 2.45) is 0 Å². The van der Waals surface area contributed by atoms with Gasteiger partial charge in [0.2, 0.25) is 11.8 Å². The summed E-state index contributed by atoms with van der Waals surface area (Å²) in [6.07, 6.45) is 0.103. The van der Waals surface area contributed by atoms with Gasteiger partial charge in [0.1, 0.15) is 24.2 Å². The molecule has 0 heterocycles. The zero-order valence-corrected chi connectivity index (χ0v) is 26.1. The summed E-state index contributed by atoms with van der Waals surface area (Å²) < 4.78 is 49.6. The van der Waals surface area contributed by atoms with Crippen LogP contribution in [0.15, 0.2) is 102 Å². The average Bonchev–Trinajstić information content (AvgIpc) is 3.02. The number of anilines is 1. The molecule has 0 aliphatic rings. The highest BCUT2D eigenvalue weighted by atomic mass is 35.5. The first kappa shape index (κ1) is 32.5. The van der Waals surface area contributed by atoms with Gasteiger partial charge in [-0.05, 0) is 48.9 Å². The van der Waals surface area contributed by atoms with Crippen LogP contribution in [-0.4, -0.2) is 51.9 Å². The number of nitrogens with zero attached hydrogens (tertiary/aromatic N) is 2. The third-order valence-electron chi connectivity index (χ3n) is 7.11. The molecule has 8 nitrogen and oxygen atoms in total. The number of benzene rings is 4. The number of nitrogens with one attached hydrogen (secondary N) is 1. The average molecular weight is 638 g/mol. The summed E-state index contributed by atoms with van der Waals surface area (Å²) >= 11 is 6.29. The normalized spacial score (nSPS) is 11.8. The van der Waals surface area contributed by atoms with Crippen molar-refractivity contribution in [2.45, 2.75) is 30.8 Å². The van der Waals surface area contributed by atoms with E-state index in [1.165, 1.54) is 67.6 Å².